The third-order valence-electron chi connectivity index (χ3n) is 6.35. The van der Waals surface area contributed by atoms with Crippen molar-refractivity contribution in [3.63, 3.8) is 0 Å². The van der Waals surface area contributed by atoms with Crippen molar-refractivity contribution in [2.24, 2.45) is 0 Å². The molecule has 3 heterocycles. The van der Waals surface area contributed by atoms with Crippen LogP contribution in [0.25, 0.3) is 16.7 Å². The van der Waals surface area contributed by atoms with E-state index in [1.54, 1.807) is 10.7 Å². The summed E-state index contributed by atoms with van der Waals surface area (Å²) < 4.78 is 3.57. The fourth-order valence-corrected chi connectivity index (χ4v) is 4.68. The van der Waals surface area contributed by atoms with E-state index in [-0.39, 0.29) is 5.56 Å². The van der Waals surface area contributed by atoms with Crippen LogP contribution in [0.1, 0.15) is 76.0 Å². The second kappa shape index (κ2) is 7.49. The van der Waals surface area contributed by atoms with E-state index in [4.69, 9.17) is 5.10 Å². The standard InChI is InChI=1S/C22H27N5O/c28-21-18-15-23-22-24-20(17-9-5-2-6-10-17)25-27(22)19(18)12-14-26(21)13-11-16-7-3-1-4-8-16/h7,12,14-15,17H,1-6,8-11,13H2. The Kier molecular flexibility index (Phi) is 4.71. The van der Waals surface area contributed by atoms with E-state index in [1.807, 2.05) is 16.8 Å². The maximum atomic E-state index is 13.0. The van der Waals surface area contributed by atoms with Crippen molar-refractivity contribution in [1.29, 1.82) is 0 Å². The van der Waals surface area contributed by atoms with Gasteiger partial charge in [0.1, 0.15) is 0 Å². The first-order valence-corrected chi connectivity index (χ1v) is 10.7. The number of fused-ring (bicyclic) bond motifs is 3. The summed E-state index contributed by atoms with van der Waals surface area (Å²) in [5.41, 5.74) is 2.30. The lowest BCUT2D eigenvalue weighted by Gasteiger charge is -2.17. The van der Waals surface area contributed by atoms with Crippen LogP contribution < -0.4 is 5.56 Å². The molecule has 0 N–H and O–H groups in total. The van der Waals surface area contributed by atoms with Crippen LogP contribution in [0.2, 0.25) is 0 Å². The highest BCUT2D eigenvalue weighted by molar-refractivity contribution is 5.78. The fraction of sp³-hybridized carbons (Fsp3) is 0.545. The molecule has 0 saturated heterocycles. The Morgan fingerprint density at radius 3 is 2.82 bits per heavy atom. The van der Waals surface area contributed by atoms with Crippen molar-refractivity contribution >= 4 is 16.7 Å². The van der Waals surface area contributed by atoms with Crippen molar-refractivity contribution in [1.82, 2.24) is 24.1 Å². The Morgan fingerprint density at radius 2 is 2.00 bits per heavy atom. The smallest absolute Gasteiger partial charge is 0.261 e. The molecule has 0 spiro atoms. The Balaban J connectivity index is 1.47. The van der Waals surface area contributed by atoms with Gasteiger partial charge in [0.2, 0.25) is 0 Å². The predicted octanol–water partition coefficient (Wildman–Crippen LogP) is 4.38. The van der Waals surface area contributed by atoms with E-state index in [9.17, 15) is 4.79 Å². The lowest BCUT2D eigenvalue weighted by atomic mass is 9.89. The molecule has 28 heavy (non-hydrogen) atoms. The summed E-state index contributed by atoms with van der Waals surface area (Å²) in [6.07, 6.45) is 17.9. The van der Waals surface area contributed by atoms with E-state index in [0.717, 1.165) is 37.1 Å². The third-order valence-corrected chi connectivity index (χ3v) is 6.35. The second-order valence-electron chi connectivity index (χ2n) is 8.25. The van der Waals surface area contributed by atoms with Crippen LogP contribution in [0, 0.1) is 0 Å². The van der Waals surface area contributed by atoms with Crippen LogP contribution >= 0.6 is 0 Å². The number of hydrogen-bond donors (Lipinski definition) is 0. The fourth-order valence-electron chi connectivity index (χ4n) is 4.68. The molecular formula is C22H27N5O. The molecule has 0 unspecified atom stereocenters. The van der Waals surface area contributed by atoms with Gasteiger partial charge in [0.25, 0.3) is 11.3 Å². The Hall–Kier alpha value is -2.50. The maximum Gasteiger partial charge on any atom is 0.261 e. The molecule has 0 aliphatic heterocycles. The summed E-state index contributed by atoms with van der Waals surface area (Å²) in [4.78, 5) is 22.1. The number of nitrogens with zero attached hydrogens (tertiary/aromatic N) is 5. The molecule has 0 bridgehead atoms. The van der Waals surface area contributed by atoms with Gasteiger partial charge in [-0.3, -0.25) is 4.79 Å². The summed E-state index contributed by atoms with van der Waals surface area (Å²) in [6.45, 7) is 0.726. The molecule has 1 saturated carbocycles. The molecule has 3 aromatic rings. The number of aryl methyl sites for hydroxylation is 1. The van der Waals surface area contributed by atoms with Crippen molar-refractivity contribution in [3.8, 4) is 0 Å². The first kappa shape index (κ1) is 17.6. The summed E-state index contributed by atoms with van der Waals surface area (Å²) >= 11 is 0. The zero-order valence-corrected chi connectivity index (χ0v) is 16.3. The lowest BCUT2D eigenvalue weighted by Crippen LogP contribution is -2.21. The van der Waals surface area contributed by atoms with Gasteiger partial charge in [-0.25, -0.2) is 4.98 Å². The van der Waals surface area contributed by atoms with E-state index in [2.05, 4.69) is 16.0 Å². The number of pyridine rings is 1. The lowest BCUT2D eigenvalue weighted by molar-refractivity contribution is 0.429. The minimum Gasteiger partial charge on any atom is -0.315 e. The third kappa shape index (κ3) is 3.25. The van der Waals surface area contributed by atoms with Crippen molar-refractivity contribution in [2.45, 2.75) is 76.7 Å². The first-order chi connectivity index (χ1) is 13.8. The molecule has 0 atom stereocenters. The van der Waals surface area contributed by atoms with E-state index >= 15 is 0 Å². The maximum absolute atomic E-state index is 13.0. The Labute approximate surface area is 164 Å². The van der Waals surface area contributed by atoms with Crippen LogP contribution in [-0.4, -0.2) is 24.1 Å². The molecule has 3 aromatic heterocycles. The molecule has 0 aromatic carbocycles. The molecule has 0 radical (unpaired) electrons. The second-order valence-corrected chi connectivity index (χ2v) is 8.25. The van der Waals surface area contributed by atoms with Crippen LogP contribution in [0.4, 0.5) is 0 Å². The molecule has 6 nitrogen and oxygen atoms in total. The monoisotopic (exact) mass is 377 g/mol. The summed E-state index contributed by atoms with van der Waals surface area (Å²) in [5.74, 6) is 1.90. The zero-order valence-electron chi connectivity index (χ0n) is 16.3. The van der Waals surface area contributed by atoms with E-state index in [1.165, 1.54) is 50.5 Å². The van der Waals surface area contributed by atoms with E-state index < -0.39 is 0 Å². The predicted molar refractivity (Wildman–Crippen MR) is 110 cm³/mol. The molecule has 146 valence electrons. The summed E-state index contributed by atoms with van der Waals surface area (Å²) in [6, 6.07) is 1.99. The minimum absolute atomic E-state index is 0.0121. The van der Waals surface area contributed by atoms with Crippen molar-refractivity contribution < 1.29 is 0 Å². The van der Waals surface area contributed by atoms with Crippen LogP contribution in [0.5, 0.6) is 0 Å². The summed E-state index contributed by atoms with van der Waals surface area (Å²) in [5, 5.41) is 5.36. The first-order valence-electron chi connectivity index (χ1n) is 10.7. The van der Waals surface area contributed by atoms with Gasteiger partial charge in [-0.15, -0.1) is 5.10 Å². The topological polar surface area (TPSA) is 65.1 Å². The van der Waals surface area contributed by atoms with Gasteiger partial charge < -0.3 is 4.57 Å². The average Bonchev–Trinajstić information content (AvgIpc) is 3.19. The van der Waals surface area contributed by atoms with Gasteiger partial charge in [-0.05, 0) is 51.0 Å². The molecule has 6 heteroatoms. The average molecular weight is 377 g/mol. The van der Waals surface area contributed by atoms with Gasteiger partial charge in [-0.1, -0.05) is 30.9 Å². The Bertz CT molecular complexity index is 1090. The highest BCUT2D eigenvalue weighted by Crippen LogP contribution is 2.31. The molecule has 0 amide bonds. The Morgan fingerprint density at radius 1 is 1.11 bits per heavy atom. The number of rotatable bonds is 4. The summed E-state index contributed by atoms with van der Waals surface area (Å²) in [7, 11) is 0. The molecule has 1 fully saturated rings. The highest BCUT2D eigenvalue weighted by atomic mass is 16.1. The van der Waals surface area contributed by atoms with Crippen LogP contribution in [0.15, 0.2) is 34.9 Å². The largest absolute Gasteiger partial charge is 0.315 e. The normalized spacial score (nSPS) is 18.6. The van der Waals surface area contributed by atoms with Gasteiger partial charge in [0, 0.05) is 24.9 Å². The number of allylic oxidation sites excluding steroid dienone is 2. The van der Waals surface area contributed by atoms with Crippen molar-refractivity contribution in [2.75, 3.05) is 0 Å². The number of aromatic nitrogens is 5. The SMILES string of the molecule is O=c1c2cnc3nc(C4CCCCC4)nn3c2ccn1CCC1=CCCCC1. The molecule has 2 aliphatic carbocycles. The number of hydrogen-bond acceptors (Lipinski definition) is 4. The van der Waals surface area contributed by atoms with Gasteiger partial charge in [0.15, 0.2) is 5.82 Å². The minimum atomic E-state index is 0.0121. The van der Waals surface area contributed by atoms with Gasteiger partial charge >= 0.3 is 0 Å². The zero-order chi connectivity index (χ0) is 18.9. The molecular weight excluding hydrogens is 350 g/mol. The van der Waals surface area contributed by atoms with Gasteiger partial charge in [-0.2, -0.15) is 9.50 Å². The van der Waals surface area contributed by atoms with Gasteiger partial charge in [0.05, 0.1) is 10.9 Å². The molecule has 5 rings (SSSR count). The van der Waals surface area contributed by atoms with Crippen LogP contribution in [-0.2, 0) is 6.54 Å². The highest BCUT2D eigenvalue weighted by Gasteiger charge is 2.21. The van der Waals surface area contributed by atoms with E-state index in [0.29, 0.717) is 17.1 Å². The van der Waals surface area contributed by atoms with Crippen LogP contribution in [0.3, 0.4) is 0 Å². The molecule has 2 aliphatic rings. The van der Waals surface area contributed by atoms with Crippen molar-refractivity contribution in [3.05, 3.63) is 46.3 Å². The quantitative estimate of drug-likeness (QED) is 0.633.